The number of benzene rings is 2. The zero-order valence-electron chi connectivity index (χ0n) is 12.9. The Bertz CT molecular complexity index is 853. The minimum Gasteiger partial charge on any atom is -0.320 e. The molecule has 0 atom stereocenters. The van der Waals surface area contributed by atoms with E-state index in [4.69, 9.17) is 11.6 Å². The Morgan fingerprint density at radius 3 is 2.61 bits per heavy atom. The zero-order chi connectivity index (χ0) is 16.4. The molecule has 0 unspecified atom stereocenters. The number of amides is 1. The van der Waals surface area contributed by atoms with Crippen molar-refractivity contribution < 1.29 is 4.79 Å². The van der Waals surface area contributed by atoms with Gasteiger partial charge >= 0.3 is 0 Å². The SMILES string of the molecule is Cc1ccc(-c2cc(C(=O)Nc3cccc(Cl)c3C)[nH]n2)cc1. The summed E-state index contributed by atoms with van der Waals surface area (Å²) in [6.45, 7) is 3.89. The smallest absolute Gasteiger partial charge is 0.273 e. The van der Waals surface area contributed by atoms with Crippen LogP contribution in [0.3, 0.4) is 0 Å². The molecule has 0 spiro atoms. The fraction of sp³-hybridized carbons (Fsp3) is 0.111. The standard InChI is InChI=1S/C18H16ClN3O/c1-11-6-8-13(9-7-11)16-10-17(22-21-16)18(23)20-15-5-3-4-14(19)12(15)2/h3-10H,1-2H3,(H,20,23)(H,21,22). The van der Waals surface area contributed by atoms with Crippen LogP contribution in [-0.4, -0.2) is 16.1 Å². The molecule has 3 aromatic rings. The molecule has 0 saturated carbocycles. The van der Waals surface area contributed by atoms with Gasteiger partial charge in [0.15, 0.2) is 0 Å². The Balaban J connectivity index is 1.81. The predicted octanol–water partition coefficient (Wildman–Crippen LogP) is 4.60. The third-order valence-corrected chi connectivity index (χ3v) is 4.10. The second-order valence-electron chi connectivity index (χ2n) is 5.40. The summed E-state index contributed by atoms with van der Waals surface area (Å²) in [4.78, 5) is 12.4. The van der Waals surface area contributed by atoms with Gasteiger partial charge in [0.25, 0.3) is 5.91 Å². The van der Waals surface area contributed by atoms with Crippen LogP contribution in [0.5, 0.6) is 0 Å². The lowest BCUT2D eigenvalue weighted by Crippen LogP contribution is -2.13. The number of nitrogens with one attached hydrogen (secondary N) is 2. The van der Waals surface area contributed by atoms with Gasteiger partial charge in [0.2, 0.25) is 0 Å². The molecule has 1 amide bonds. The second-order valence-corrected chi connectivity index (χ2v) is 5.81. The number of halogens is 1. The molecule has 116 valence electrons. The monoisotopic (exact) mass is 325 g/mol. The molecule has 0 saturated heterocycles. The van der Waals surface area contributed by atoms with Crippen molar-refractivity contribution in [1.82, 2.24) is 10.2 Å². The number of aryl methyl sites for hydroxylation is 1. The van der Waals surface area contributed by atoms with E-state index in [9.17, 15) is 4.79 Å². The first-order valence-corrected chi connectivity index (χ1v) is 7.61. The van der Waals surface area contributed by atoms with Crippen LogP contribution in [0.2, 0.25) is 5.02 Å². The maximum absolute atomic E-state index is 12.4. The molecule has 0 fully saturated rings. The van der Waals surface area contributed by atoms with Crippen LogP contribution in [0.25, 0.3) is 11.3 Å². The van der Waals surface area contributed by atoms with Crippen molar-refractivity contribution >= 4 is 23.2 Å². The lowest BCUT2D eigenvalue weighted by Gasteiger charge is -2.08. The first kappa shape index (κ1) is 15.3. The van der Waals surface area contributed by atoms with Crippen molar-refractivity contribution in [3.63, 3.8) is 0 Å². The Morgan fingerprint density at radius 1 is 1.13 bits per heavy atom. The molecule has 0 aliphatic heterocycles. The molecule has 4 nitrogen and oxygen atoms in total. The third-order valence-electron chi connectivity index (χ3n) is 3.69. The predicted molar refractivity (Wildman–Crippen MR) is 92.9 cm³/mol. The number of aromatic amines is 1. The summed E-state index contributed by atoms with van der Waals surface area (Å²) in [5.41, 5.74) is 4.80. The molecule has 0 radical (unpaired) electrons. The van der Waals surface area contributed by atoms with E-state index in [1.165, 1.54) is 5.56 Å². The summed E-state index contributed by atoms with van der Waals surface area (Å²) in [6.07, 6.45) is 0. The molecule has 0 bridgehead atoms. The number of rotatable bonds is 3. The van der Waals surface area contributed by atoms with Gasteiger partial charge in [-0.25, -0.2) is 0 Å². The summed E-state index contributed by atoms with van der Waals surface area (Å²) < 4.78 is 0. The molecule has 3 rings (SSSR count). The summed E-state index contributed by atoms with van der Waals surface area (Å²) >= 11 is 6.07. The van der Waals surface area contributed by atoms with Crippen molar-refractivity contribution in [2.75, 3.05) is 5.32 Å². The van der Waals surface area contributed by atoms with E-state index in [0.717, 1.165) is 16.8 Å². The first-order valence-electron chi connectivity index (χ1n) is 7.23. The van der Waals surface area contributed by atoms with Gasteiger partial charge in [-0.05, 0) is 37.6 Å². The summed E-state index contributed by atoms with van der Waals surface area (Å²) in [5.74, 6) is -0.249. The summed E-state index contributed by atoms with van der Waals surface area (Å²) in [6, 6.07) is 15.1. The number of hydrogen-bond donors (Lipinski definition) is 2. The van der Waals surface area contributed by atoms with Gasteiger partial charge in [0, 0.05) is 16.3 Å². The maximum Gasteiger partial charge on any atom is 0.273 e. The summed E-state index contributed by atoms with van der Waals surface area (Å²) in [5, 5.41) is 10.4. The van der Waals surface area contributed by atoms with Crippen molar-refractivity contribution in [3.8, 4) is 11.3 Å². The van der Waals surface area contributed by atoms with Crippen molar-refractivity contribution in [1.29, 1.82) is 0 Å². The number of H-pyrrole nitrogens is 1. The second kappa shape index (κ2) is 6.26. The van der Waals surface area contributed by atoms with Gasteiger partial charge < -0.3 is 5.32 Å². The van der Waals surface area contributed by atoms with Crippen LogP contribution >= 0.6 is 11.6 Å². The fourth-order valence-corrected chi connectivity index (χ4v) is 2.42. The zero-order valence-corrected chi connectivity index (χ0v) is 13.6. The Hall–Kier alpha value is -2.59. The highest BCUT2D eigenvalue weighted by Gasteiger charge is 2.13. The van der Waals surface area contributed by atoms with Gasteiger partial charge in [0.05, 0.1) is 5.69 Å². The third kappa shape index (κ3) is 3.27. The van der Waals surface area contributed by atoms with Crippen LogP contribution < -0.4 is 5.32 Å². The number of carbonyl (C=O) groups is 1. The van der Waals surface area contributed by atoms with Crippen LogP contribution in [0.1, 0.15) is 21.6 Å². The normalized spacial score (nSPS) is 10.6. The van der Waals surface area contributed by atoms with E-state index in [0.29, 0.717) is 16.4 Å². The lowest BCUT2D eigenvalue weighted by molar-refractivity contribution is 0.102. The number of carbonyl (C=O) groups excluding carboxylic acids is 1. The highest BCUT2D eigenvalue weighted by molar-refractivity contribution is 6.31. The van der Waals surface area contributed by atoms with Gasteiger partial charge in [-0.3, -0.25) is 9.89 Å². The topological polar surface area (TPSA) is 57.8 Å². The van der Waals surface area contributed by atoms with Crippen LogP contribution in [0.4, 0.5) is 5.69 Å². The molecule has 0 aliphatic rings. The Morgan fingerprint density at radius 2 is 1.87 bits per heavy atom. The maximum atomic E-state index is 12.4. The van der Waals surface area contributed by atoms with Crippen LogP contribution in [-0.2, 0) is 0 Å². The van der Waals surface area contributed by atoms with E-state index in [1.807, 2.05) is 44.2 Å². The molecule has 2 N–H and O–H groups in total. The van der Waals surface area contributed by atoms with Gasteiger partial charge in [0.1, 0.15) is 5.69 Å². The quantitative estimate of drug-likeness (QED) is 0.739. The van der Waals surface area contributed by atoms with E-state index in [1.54, 1.807) is 18.2 Å². The molecule has 2 aromatic carbocycles. The number of nitrogens with zero attached hydrogens (tertiary/aromatic N) is 1. The minimum absolute atomic E-state index is 0.249. The number of anilines is 1. The lowest BCUT2D eigenvalue weighted by atomic mass is 10.1. The highest BCUT2D eigenvalue weighted by Crippen LogP contribution is 2.24. The summed E-state index contributed by atoms with van der Waals surface area (Å²) in [7, 11) is 0. The molecule has 5 heteroatoms. The van der Waals surface area contributed by atoms with Crippen molar-refractivity contribution in [2.24, 2.45) is 0 Å². The largest absolute Gasteiger partial charge is 0.320 e. The average molecular weight is 326 g/mol. The molecular weight excluding hydrogens is 310 g/mol. The van der Waals surface area contributed by atoms with Crippen molar-refractivity contribution in [2.45, 2.75) is 13.8 Å². The Labute approximate surface area is 139 Å². The highest BCUT2D eigenvalue weighted by atomic mass is 35.5. The van der Waals surface area contributed by atoms with Gasteiger partial charge in [-0.1, -0.05) is 47.5 Å². The minimum atomic E-state index is -0.249. The number of hydrogen-bond acceptors (Lipinski definition) is 2. The van der Waals surface area contributed by atoms with Gasteiger partial charge in [-0.15, -0.1) is 0 Å². The van der Waals surface area contributed by atoms with Crippen LogP contribution in [0.15, 0.2) is 48.5 Å². The average Bonchev–Trinajstić information content (AvgIpc) is 3.02. The molecule has 1 aromatic heterocycles. The fourth-order valence-electron chi connectivity index (χ4n) is 2.24. The van der Waals surface area contributed by atoms with E-state index >= 15 is 0 Å². The van der Waals surface area contributed by atoms with Crippen molar-refractivity contribution in [3.05, 3.63) is 70.4 Å². The molecule has 1 heterocycles. The van der Waals surface area contributed by atoms with E-state index in [-0.39, 0.29) is 5.91 Å². The number of aromatic nitrogens is 2. The molecule has 0 aliphatic carbocycles. The van der Waals surface area contributed by atoms with Crippen LogP contribution in [0, 0.1) is 13.8 Å². The first-order chi connectivity index (χ1) is 11.0. The van der Waals surface area contributed by atoms with E-state index < -0.39 is 0 Å². The molecule has 23 heavy (non-hydrogen) atoms. The molecular formula is C18H16ClN3O. The van der Waals surface area contributed by atoms with Gasteiger partial charge in [-0.2, -0.15) is 5.10 Å². The van der Waals surface area contributed by atoms with E-state index in [2.05, 4.69) is 15.5 Å². The Kier molecular flexibility index (Phi) is 4.17.